The number of benzene rings is 2. The number of amides is 2. The number of anilines is 5. The Morgan fingerprint density at radius 2 is 1.98 bits per heavy atom. The fourth-order valence-corrected chi connectivity index (χ4v) is 4.91. The molecule has 11 nitrogen and oxygen atoms in total. The number of halogens is 1. The maximum absolute atomic E-state index is 14.6. The summed E-state index contributed by atoms with van der Waals surface area (Å²) in [6, 6.07) is 9.98. The molecule has 0 fully saturated rings. The molecule has 0 radical (unpaired) electrons. The molecule has 0 aliphatic carbocycles. The van der Waals surface area contributed by atoms with Crippen molar-refractivity contribution in [2.45, 2.75) is 19.3 Å². The van der Waals surface area contributed by atoms with Gasteiger partial charge in [0, 0.05) is 38.4 Å². The minimum absolute atomic E-state index is 0.0633. The van der Waals surface area contributed by atoms with Crippen molar-refractivity contribution in [2.75, 3.05) is 56.9 Å². The first-order valence-electron chi connectivity index (χ1n) is 13.3. The second-order valence-corrected chi connectivity index (χ2v) is 10.0. The van der Waals surface area contributed by atoms with Gasteiger partial charge in [0.05, 0.1) is 29.4 Å². The molecule has 214 valence electrons. The normalized spacial score (nSPS) is 12.8. The van der Waals surface area contributed by atoms with Crippen molar-refractivity contribution in [1.29, 1.82) is 0 Å². The number of aromatic nitrogens is 3. The molecular formula is C29H33FN8O3. The van der Waals surface area contributed by atoms with Gasteiger partial charge in [-0.2, -0.15) is 9.97 Å². The third kappa shape index (κ3) is 5.78. The maximum atomic E-state index is 14.6. The predicted octanol–water partition coefficient (Wildman–Crippen LogP) is 4.18. The fourth-order valence-electron chi connectivity index (χ4n) is 4.91. The number of nitrogens with zero attached hydrogens (tertiary/aromatic N) is 4. The first kappa shape index (κ1) is 27.8. The summed E-state index contributed by atoms with van der Waals surface area (Å²) < 4.78 is 20.3. The van der Waals surface area contributed by atoms with E-state index in [9.17, 15) is 14.0 Å². The molecule has 1 aliphatic rings. The number of fused-ring (bicyclic) bond motifs is 2. The number of hydrogen-bond acceptors (Lipinski definition) is 8. The van der Waals surface area contributed by atoms with Crippen LogP contribution >= 0.6 is 0 Å². The molecule has 12 heteroatoms. The van der Waals surface area contributed by atoms with Crippen LogP contribution in [0.2, 0.25) is 0 Å². The molecule has 0 unspecified atom stereocenters. The minimum Gasteiger partial charge on any atom is -0.495 e. The molecule has 0 bridgehead atoms. The molecule has 1 aliphatic heterocycles. The van der Waals surface area contributed by atoms with Crippen LogP contribution in [0.15, 0.2) is 42.6 Å². The number of methoxy groups -OCH3 is 1. The van der Waals surface area contributed by atoms with Crippen molar-refractivity contribution in [3.05, 3.63) is 59.5 Å². The van der Waals surface area contributed by atoms with Gasteiger partial charge in [0.15, 0.2) is 0 Å². The molecule has 0 saturated carbocycles. The lowest BCUT2D eigenvalue weighted by atomic mass is 10.00. The Morgan fingerprint density at radius 1 is 1.15 bits per heavy atom. The molecule has 4 N–H and O–H groups in total. The van der Waals surface area contributed by atoms with E-state index < -0.39 is 11.7 Å². The average Bonchev–Trinajstić information content (AvgIpc) is 3.44. The number of H-pyrrole nitrogens is 1. The van der Waals surface area contributed by atoms with Gasteiger partial charge in [-0.05, 0) is 62.8 Å². The van der Waals surface area contributed by atoms with Crippen molar-refractivity contribution < 1.29 is 18.7 Å². The van der Waals surface area contributed by atoms with Gasteiger partial charge in [-0.1, -0.05) is 6.07 Å². The zero-order valence-electron chi connectivity index (χ0n) is 23.5. The van der Waals surface area contributed by atoms with E-state index in [0.717, 1.165) is 24.1 Å². The average molecular weight is 561 g/mol. The predicted molar refractivity (Wildman–Crippen MR) is 157 cm³/mol. The Morgan fingerprint density at radius 3 is 2.73 bits per heavy atom. The van der Waals surface area contributed by atoms with E-state index in [2.05, 4.69) is 30.9 Å². The first-order chi connectivity index (χ1) is 19.8. The molecule has 4 aromatic rings. The summed E-state index contributed by atoms with van der Waals surface area (Å²) in [5, 5.41) is 9.48. The Labute approximate surface area is 237 Å². The zero-order valence-corrected chi connectivity index (χ0v) is 23.5. The Balaban J connectivity index is 1.51. The van der Waals surface area contributed by atoms with Gasteiger partial charge < -0.3 is 35.5 Å². The summed E-state index contributed by atoms with van der Waals surface area (Å²) in [6.07, 6.45) is 3.84. The summed E-state index contributed by atoms with van der Waals surface area (Å²) >= 11 is 0. The van der Waals surface area contributed by atoms with Gasteiger partial charge in [-0.15, -0.1) is 0 Å². The number of nitrogens with one attached hydrogen (secondary N) is 4. The highest BCUT2D eigenvalue weighted by Crippen LogP contribution is 2.38. The largest absolute Gasteiger partial charge is 0.495 e. The second-order valence-electron chi connectivity index (χ2n) is 10.0. The number of carbonyl (C=O) groups is 2. The van der Waals surface area contributed by atoms with Crippen LogP contribution in [-0.2, 0) is 11.2 Å². The molecule has 0 saturated heterocycles. The summed E-state index contributed by atoms with van der Waals surface area (Å²) in [5.74, 6) is 0.0329. The molecule has 5 rings (SSSR count). The standard InChI is InChI=1S/C29H33FN8O3/c1-31-28(40)25-19(30)8-5-9-20(25)33-27-18-10-12-32-26(18)35-29(36-27)34-21-16-22-17(15-23(21)41-4)7-6-13-38(22)24(39)11-14-37(2)3/h5,8-10,12,15-16H,6-7,11,13-14H2,1-4H3,(H,31,40)(H3,32,33,34,35,36). The van der Waals surface area contributed by atoms with E-state index in [4.69, 9.17) is 4.74 Å². The SMILES string of the molecule is CNC(=O)c1c(F)cccc1Nc1nc(Nc2cc3c(cc2OC)CCCN3C(=O)CCN(C)C)nc2[nH]ccc12. The maximum Gasteiger partial charge on any atom is 0.256 e. The lowest BCUT2D eigenvalue weighted by Crippen LogP contribution is -2.37. The van der Waals surface area contributed by atoms with Crippen molar-refractivity contribution in [1.82, 2.24) is 25.2 Å². The van der Waals surface area contributed by atoms with Crippen LogP contribution in [-0.4, -0.2) is 73.0 Å². The number of carbonyl (C=O) groups excluding carboxylic acids is 2. The van der Waals surface area contributed by atoms with Crippen LogP contribution in [0.1, 0.15) is 28.8 Å². The number of aryl methyl sites for hydroxylation is 1. The highest BCUT2D eigenvalue weighted by molar-refractivity contribution is 6.02. The third-order valence-corrected chi connectivity index (χ3v) is 6.98. The summed E-state index contributed by atoms with van der Waals surface area (Å²) in [5.41, 5.74) is 3.12. The fraction of sp³-hybridized carbons (Fsp3) is 0.310. The van der Waals surface area contributed by atoms with Gasteiger partial charge in [0.1, 0.15) is 23.0 Å². The molecular weight excluding hydrogens is 527 g/mol. The van der Waals surface area contributed by atoms with Crippen LogP contribution in [0.25, 0.3) is 11.0 Å². The van der Waals surface area contributed by atoms with Crippen molar-refractivity contribution in [3.63, 3.8) is 0 Å². The van der Waals surface area contributed by atoms with Crippen LogP contribution in [0.5, 0.6) is 5.75 Å². The van der Waals surface area contributed by atoms with Crippen molar-refractivity contribution >= 4 is 51.7 Å². The van der Waals surface area contributed by atoms with E-state index in [1.807, 2.05) is 36.0 Å². The van der Waals surface area contributed by atoms with Crippen LogP contribution < -0.4 is 25.6 Å². The highest BCUT2D eigenvalue weighted by atomic mass is 19.1. The molecule has 41 heavy (non-hydrogen) atoms. The minimum atomic E-state index is -0.657. The molecule has 3 heterocycles. The summed E-state index contributed by atoms with van der Waals surface area (Å²) in [6.45, 7) is 1.31. The lowest BCUT2D eigenvalue weighted by molar-refractivity contribution is -0.118. The third-order valence-electron chi connectivity index (χ3n) is 6.98. The van der Waals surface area contributed by atoms with Gasteiger partial charge in [0.25, 0.3) is 5.91 Å². The first-order valence-corrected chi connectivity index (χ1v) is 13.3. The van der Waals surface area contributed by atoms with Crippen molar-refractivity contribution in [3.8, 4) is 5.75 Å². The highest BCUT2D eigenvalue weighted by Gasteiger charge is 2.25. The smallest absolute Gasteiger partial charge is 0.256 e. The van der Waals surface area contributed by atoms with E-state index in [-0.39, 0.29) is 23.1 Å². The van der Waals surface area contributed by atoms with Gasteiger partial charge in [0.2, 0.25) is 11.9 Å². The monoisotopic (exact) mass is 560 g/mol. The van der Waals surface area contributed by atoms with Gasteiger partial charge >= 0.3 is 0 Å². The topological polar surface area (TPSA) is 128 Å². The second kappa shape index (κ2) is 11.8. The van der Waals surface area contributed by atoms with E-state index in [0.29, 0.717) is 47.8 Å². The Kier molecular flexibility index (Phi) is 8.02. The van der Waals surface area contributed by atoms with E-state index >= 15 is 0 Å². The molecule has 2 amide bonds. The number of hydrogen-bond donors (Lipinski definition) is 4. The number of ether oxygens (including phenoxy) is 1. The van der Waals surface area contributed by atoms with E-state index in [1.54, 1.807) is 25.4 Å². The Hall–Kier alpha value is -4.71. The summed E-state index contributed by atoms with van der Waals surface area (Å²) in [7, 11) is 6.92. The lowest BCUT2D eigenvalue weighted by Gasteiger charge is -2.31. The van der Waals surface area contributed by atoms with Crippen LogP contribution in [0, 0.1) is 5.82 Å². The summed E-state index contributed by atoms with van der Waals surface area (Å²) in [4.78, 5) is 41.7. The van der Waals surface area contributed by atoms with Crippen LogP contribution in [0.3, 0.4) is 0 Å². The molecule has 0 atom stereocenters. The molecule has 2 aromatic heterocycles. The molecule has 2 aromatic carbocycles. The zero-order chi connectivity index (χ0) is 29.1. The Bertz CT molecular complexity index is 1600. The number of rotatable bonds is 9. The van der Waals surface area contributed by atoms with Crippen molar-refractivity contribution in [2.24, 2.45) is 0 Å². The number of aromatic amines is 1. The van der Waals surface area contributed by atoms with Gasteiger partial charge in [-0.25, -0.2) is 4.39 Å². The molecule has 0 spiro atoms. The quantitative estimate of drug-likeness (QED) is 0.240. The van der Waals surface area contributed by atoms with Crippen LogP contribution in [0.4, 0.5) is 33.2 Å². The van der Waals surface area contributed by atoms with Gasteiger partial charge in [-0.3, -0.25) is 9.59 Å². The van der Waals surface area contributed by atoms with E-state index in [1.165, 1.54) is 19.2 Å².